The van der Waals surface area contributed by atoms with E-state index in [1.165, 1.54) is 0 Å². The van der Waals surface area contributed by atoms with Gasteiger partial charge in [0.05, 0.1) is 5.60 Å². The van der Waals surface area contributed by atoms with Crippen LogP contribution < -0.4 is 10.6 Å². The zero-order chi connectivity index (χ0) is 15.7. The van der Waals surface area contributed by atoms with E-state index in [0.717, 1.165) is 18.4 Å². The van der Waals surface area contributed by atoms with Crippen LogP contribution in [-0.2, 0) is 6.42 Å². The summed E-state index contributed by atoms with van der Waals surface area (Å²) in [4.78, 5) is 11.6. The van der Waals surface area contributed by atoms with E-state index in [1.807, 2.05) is 26.0 Å². The Hall–Kier alpha value is -1.75. The number of aliphatic hydroxyl groups is 1. The van der Waals surface area contributed by atoms with Crippen molar-refractivity contribution in [2.75, 3.05) is 13.1 Å². The second kappa shape index (κ2) is 8.52. The van der Waals surface area contributed by atoms with Crippen molar-refractivity contribution >= 4 is 6.03 Å². The van der Waals surface area contributed by atoms with Crippen molar-refractivity contribution in [1.82, 2.24) is 10.6 Å². The first-order valence-electron chi connectivity index (χ1n) is 7.51. The van der Waals surface area contributed by atoms with Crippen LogP contribution in [0.15, 0.2) is 24.3 Å². The van der Waals surface area contributed by atoms with Gasteiger partial charge in [-0.05, 0) is 43.4 Å². The van der Waals surface area contributed by atoms with E-state index in [1.54, 1.807) is 12.1 Å². The Morgan fingerprint density at radius 2 is 1.76 bits per heavy atom. The molecule has 4 N–H and O–H groups in total. The fourth-order valence-corrected chi connectivity index (χ4v) is 1.96. The monoisotopic (exact) mass is 294 g/mol. The highest BCUT2D eigenvalue weighted by Crippen LogP contribution is 2.12. The molecule has 0 heterocycles. The third-order valence-corrected chi connectivity index (χ3v) is 3.76. The quantitative estimate of drug-likeness (QED) is 0.555. The van der Waals surface area contributed by atoms with Crippen molar-refractivity contribution in [2.24, 2.45) is 0 Å². The lowest BCUT2D eigenvalue weighted by Gasteiger charge is -2.25. The predicted octanol–water partition coefficient (Wildman–Crippen LogP) is 2.18. The molecule has 0 aliphatic rings. The van der Waals surface area contributed by atoms with Crippen molar-refractivity contribution in [3.05, 3.63) is 29.8 Å². The van der Waals surface area contributed by atoms with Gasteiger partial charge in [0.15, 0.2) is 0 Å². The van der Waals surface area contributed by atoms with Crippen molar-refractivity contribution in [2.45, 2.75) is 45.1 Å². The molecule has 0 aliphatic carbocycles. The van der Waals surface area contributed by atoms with Crippen LogP contribution in [0.2, 0.25) is 0 Å². The maximum Gasteiger partial charge on any atom is 0.314 e. The molecule has 0 spiro atoms. The number of hydrogen-bond acceptors (Lipinski definition) is 3. The fraction of sp³-hybridized carbons (Fsp3) is 0.562. The molecule has 2 amide bonds. The summed E-state index contributed by atoms with van der Waals surface area (Å²) >= 11 is 0. The van der Waals surface area contributed by atoms with Gasteiger partial charge in [-0.25, -0.2) is 4.79 Å². The fourth-order valence-electron chi connectivity index (χ4n) is 1.96. The first-order valence-corrected chi connectivity index (χ1v) is 7.51. The number of rotatable bonds is 8. The van der Waals surface area contributed by atoms with E-state index in [2.05, 4.69) is 10.6 Å². The number of aryl methyl sites for hydroxylation is 1. The Morgan fingerprint density at radius 1 is 1.14 bits per heavy atom. The molecule has 0 saturated heterocycles. The first-order chi connectivity index (χ1) is 9.99. The molecule has 0 unspecified atom stereocenters. The summed E-state index contributed by atoms with van der Waals surface area (Å²) in [5.74, 6) is 0.260. The number of hydrogen-bond donors (Lipinski definition) is 4. The highest BCUT2D eigenvalue weighted by Gasteiger charge is 2.22. The van der Waals surface area contributed by atoms with Gasteiger partial charge in [0.1, 0.15) is 5.75 Å². The van der Waals surface area contributed by atoms with Gasteiger partial charge < -0.3 is 20.8 Å². The van der Waals surface area contributed by atoms with Gasteiger partial charge >= 0.3 is 6.03 Å². The molecule has 0 saturated carbocycles. The summed E-state index contributed by atoms with van der Waals surface area (Å²) in [6.45, 7) is 4.65. The number of amides is 2. The van der Waals surface area contributed by atoms with Crippen LogP contribution in [0.3, 0.4) is 0 Å². The summed E-state index contributed by atoms with van der Waals surface area (Å²) in [7, 11) is 0. The smallest absolute Gasteiger partial charge is 0.314 e. The molecule has 0 fully saturated rings. The Kier molecular flexibility index (Phi) is 7.02. The summed E-state index contributed by atoms with van der Waals surface area (Å²) in [6, 6.07) is 6.81. The zero-order valence-electron chi connectivity index (χ0n) is 12.9. The van der Waals surface area contributed by atoms with Gasteiger partial charge in [0, 0.05) is 13.1 Å². The van der Waals surface area contributed by atoms with Crippen LogP contribution in [0, 0.1) is 0 Å². The van der Waals surface area contributed by atoms with E-state index in [9.17, 15) is 15.0 Å². The molecule has 0 bridgehead atoms. The minimum atomic E-state index is -0.816. The molecule has 118 valence electrons. The second-order valence-electron chi connectivity index (χ2n) is 5.31. The van der Waals surface area contributed by atoms with Gasteiger partial charge in [-0.1, -0.05) is 26.0 Å². The third-order valence-electron chi connectivity index (χ3n) is 3.76. The van der Waals surface area contributed by atoms with Crippen molar-refractivity contribution < 1.29 is 15.0 Å². The molecular formula is C16H26N2O3. The normalized spacial score (nSPS) is 11.2. The molecule has 0 atom stereocenters. The molecule has 5 heteroatoms. The molecule has 0 radical (unpaired) electrons. The molecule has 21 heavy (non-hydrogen) atoms. The van der Waals surface area contributed by atoms with Gasteiger partial charge in [-0.2, -0.15) is 0 Å². The largest absolute Gasteiger partial charge is 0.508 e. The average molecular weight is 294 g/mol. The van der Waals surface area contributed by atoms with Crippen LogP contribution in [0.5, 0.6) is 5.75 Å². The number of carbonyl (C=O) groups is 1. The summed E-state index contributed by atoms with van der Waals surface area (Å²) < 4.78 is 0. The zero-order valence-corrected chi connectivity index (χ0v) is 12.9. The average Bonchev–Trinajstić information content (AvgIpc) is 2.51. The SMILES string of the molecule is CCC(O)(CC)CNC(=O)NCCCc1ccc(O)cc1. The van der Waals surface area contributed by atoms with Crippen LogP contribution in [0.4, 0.5) is 4.79 Å². The van der Waals surface area contributed by atoms with E-state index >= 15 is 0 Å². The molecule has 5 nitrogen and oxygen atoms in total. The standard InChI is InChI=1S/C16H26N2O3/c1-3-16(21,4-2)12-18-15(20)17-11-5-6-13-7-9-14(19)10-8-13/h7-10,19,21H,3-6,11-12H2,1-2H3,(H2,17,18,20). The number of nitrogens with one attached hydrogen (secondary N) is 2. The number of benzene rings is 1. The highest BCUT2D eigenvalue weighted by atomic mass is 16.3. The van der Waals surface area contributed by atoms with Crippen molar-refractivity contribution in [1.29, 1.82) is 0 Å². The Labute approximate surface area is 126 Å². The maximum absolute atomic E-state index is 11.6. The first kappa shape index (κ1) is 17.3. The Bertz CT molecular complexity index is 428. The van der Waals surface area contributed by atoms with Crippen LogP contribution in [0.25, 0.3) is 0 Å². The second-order valence-corrected chi connectivity index (χ2v) is 5.31. The number of aromatic hydroxyl groups is 1. The summed E-state index contributed by atoms with van der Waals surface area (Å²) in [5.41, 5.74) is 0.310. The number of phenols is 1. The lowest BCUT2D eigenvalue weighted by molar-refractivity contribution is 0.0349. The predicted molar refractivity (Wildman–Crippen MR) is 83.4 cm³/mol. The van der Waals surface area contributed by atoms with E-state index in [4.69, 9.17) is 0 Å². The van der Waals surface area contributed by atoms with E-state index in [0.29, 0.717) is 19.4 Å². The number of carbonyl (C=O) groups excluding carboxylic acids is 1. The summed E-state index contributed by atoms with van der Waals surface area (Å²) in [6.07, 6.45) is 2.90. The summed E-state index contributed by atoms with van der Waals surface area (Å²) in [5, 5.41) is 24.7. The molecule has 1 aromatic rings. The van der Waals surface area contributed by atoms with Crippen LogP contribution in [0.1, 0.15) is 38.7 Å². The minimum absolute atomic E-state index is 0.249. The molecular weight excluding hydrogens is 268 g/mol. The molecule has 1 aromatic carbocycles. The molecule has 0 aromatic heterocycles. The van der Waals surface area contributed by atoms with Gasteiger partial charge in [0.2, 0.25) is 0 Å². The van der Waals surface area contributed by atoms with Gasteiger partial charge in [-0.15, -0.1) is 0 Å². The maximum atomic E-state index is 11.6. The minimum Gasteiger partial charge on any atom is -0.508 e. The highest BCUT2D eigenvalue weighted by molar-refractivity contribution is 5.73. The third kappa shape index (κ3) is 6.49. The van der Waals surface area contributed by atoms with Crippen molar-refractivity contribution in [3.8, 4) is 5.75 Å². The molecule has 0 aliphatic heterocycles. The number of phenolic OH excluding ortho intramolecular Hbond substituents is 1. The van der Waals surface area contributed by atoms with Gasteiger partial charge in [-0.3, -0.25) is 0 Å². The lowest BCUT2D eigenvalue weighted by atomic mass is 9.98. The van der Waals surface area contributed by atoms with Crippen LogP contribution in [-0.4, -0.2) is 34.9 Å². The van der Waals surface area contributed by atoms with Gasteiger partial charge in [0.25, 0.3) is 0 Å². The van der Waals surface area contributed by atoms with E-state index in [-0.39, 0.29) is 18.3 Å². The lowest BCUT2D eigenvalue weighted by Crippen LogP contribution is -2.46. The molecule has 1 rings (SSSR count). The van der Waals surface area contributed by atoms with E-state index < -0.39 is 5.60 Å². The van der Waals surface area contributed by atoms with Crippen molar-refractivity contribution in [3.63, 3.8) is 0 Å². The Balaban J connectivity index is 2.17. The number of urea groups is 1. The van der Waals surface area contributed by atoms with Crippen LogP contribution >= 0.6 is 0 Å². The topological polar surface area (TPSA) is 81.6 Å². The Morgan fingerprint density at radius 3 is 2.33 bits per heavy atom.